The molecule has 0 aromatic heterocycles. The van der Waals surface area contributed by atoms with Gasteiger partial charge in [-0.2, -0.15) is 4.31 Å². The average molecular weight is 500 g/mol. The first-order valence-corrected chi connectivity index (χ1v) is 13.7. The van der Waals surface area contributed by atoms with Crippen LogP contribution in [0.3, 0.4) is 0 Å². The van der Waals surface area contributed by atoms with E-state index in [-0.39, 0.29) is 21.9 Å². The van der Waals surface area contributed by atoms with Crippen LogP contribution >= 0.6 is 0 Å². The molecular weight excluding hydrogens is 474 g/mol. The molecule has 0 bridgehead atoms. The van der Waals surface area contributed by atoms with E-state index in [4.69, 9.17) is 0 Å². The Balaban J connectivity index is 1.48. The van der Waals surface area contributed by atoms with Gasteiger partial charge in [0.05, 0.1) is 9.79 Å². The number of nitrogens with one attached hydrogen (secondary N) is 2. The zero-order valence-electron chi connectivity index (χ0n) is 18.3. The molecule has 1 amide bonds. The van der Waals surface area contributed by atoms with E-state index in [1.165, 1.54) is 40.7 Å². The first-order valence-electron chi connectivity index (χ1n) is 10.8. The molecule has 1 aliphatic rings. The highest BCUT2D eigenvalue weighted by Gasteiger charge is 2.27. The van der Waals surface area contributed by atoms with Crippen molar-refractivity contribution in [1.82, 2.24) is 9.03 Å². The first kappa shape index (κ1) is 24.1. The summed E-state index contributed by atoms with van der Waals surface area (Å²) in [5.74, 6) is -0.546. The van der Waals surface area contributed by atoms with E-state index in [0.29, 0.717) is 18.8 Å². The number of anilines is 1. The Morgan fingerprint density at radius 1 is 0.794 bits per heavy atom. The van der Waals surface area contributed by atoms with Crippen molar-refractivity contribution in [2.75, 3.05) is 18.4 Å². The zero-order valence-corrected chi connectivity index (χ0v) is 20.0. The van der Waals surface area contributed by atoms with Crippen LogP contribution in [0.4, 0.5) is 5.69 Å². The van der Waals surface area contributed by atoms with Crippen molar-refractivity contribution in [3.8, 4) is 0 Å². The van der Waals surface area contributed by atoms with Crippen LogP contribution in [0, 0.1) is 0 Å². The van der Waals surface area contributed by atoms with Crippen molar-refractivity contribution in [1.29, 1.82) is 0 Å². The summed E-state index contributed by atoms with van der Waals surface area (Å²) in [5, 5.41) is 2.66. The zero-order chi connectivity index (χ0) is 24.2. The Labute approximate surface area is 199 Å². The standard InChI is InChI=1S/C24H25N3O5S2/c28-24(26-21-11-7-13-23(17-21)34(31,32)27-14-4-5-15-27)20-10-6-12-22(16-20)33(29,30)25-18-19-8-2-1-3-9-19/h1-3,6-13,16-17,25H,4-5,14-15,18H2,(H,26,28). The van der Waals surface area contributed by atoms with Crippen LogP contribution in [0.5, 0.6) is 0 Å². The Kier molecular flexibility index (Phi) is 7.13. The summed E-state index contributed by atoms with van der Waals surface area (Å²) >= 11 is 0. The van der Waals surface area contributed by atoms with E-state index in [0.717, 1.165) is 18.4 Å². The van der Waals surface area contributed by atoms with Gasteiger partial charge in [-0.3, -0.25) is 4.79 Å². The molecule has 3 aromatic carbocycles. The van der Waals surface area contributed by atoms with E-state index >= 15 is 0 Å². The quantitative estimate of drug-likeness (QED) is 0.494. The third-order valence-electron chi connectivity index (χ3n) is 5.51. The molecule has 0 radical (unpaired) electrons. The number of sulfonamides is 2. The Morgan fingerprint density at radius 2 is 1.47 bits per heavy atom. The van der Waals surface area contributed by atoms with Gasteiger partial charge in [0, 0.05) is 30.9 Å². The van der Waals surface area contributed by atoms with Crippen LogP contribution in [-0.4, -0.2) is 40.1 Å². The lowest BCUT2D eigenvalue weighted by atomic mass is 10.2. The minimum atomic E-state index is -3.84. The van der Waals surface area contributed by atoms with Gasteiger partial charge in [0.2, 0.25) is 20.0 Å². The maximum Gasteiger partial charge on any atom is 0.255 e. The van der Waals surface area contributed by atoms with Gasteiger partial charge < -0.3 is 5.32 Å². The minimum Gasteiger partial charge on any atom is -0.322 e. The van der Waals surface area contributed by atoms with E-state index in [1.807, 2.05) is 30.3 Å². The maximum absolute atomic E-state index is 12.8. The number of carbonyl (C=O) groups excluding carboxylic acids is 1. The SMILES string of the molecule is O=C(Nc1cccc(S(=O)(=O)N2CCCC2)c1)c1cccc(S(=O)(=O)NCc2ccccc2)c1. The van der Waals surface area contributed by atoms with Gasteiger partial charge in [-0.15, -0.1) is 0 Å². The topological polar surface area (TPSA) is 113 Å². The van der Waals surface area contributed by atoms with Crippen molar-refractivity contribution in [2.24, 2.45) is 0 Å². The third kappa shape index (κ3) is 5.53. The average Bonchev–Trinajstić information content (AvgIpc) is 3.40. The van der Waals surface area contributed by atoms with Gasteiger partial charge >= 0.3 is 0 Å². The third-order valence-corrected chi connectivity index (χ3v) is 8.80. The van der Waals surface area contributed by atoms with Crippen LogP contribution in [0.1, 0.15) is 28.8 Å². The van der Waals surface area contributed by atoms with Crippen molar-refractivity contribution in [2.45, 2.75) is 29.2 Å². The van der Waals surface area contributed by atoms with Crippen molar-refractivity contribution < 1.29 is 21.6 Å². The largest absolute Gasteiger partial charge is 0.322 e. The molecule has 4 rings (SSSR count). The molecule has 0 aliphatic carbocycles. The fraction of sp³-hybridized carbons (Fsp3) is 0.208. The second-order valence-corrected chi connectivity index (χ2v) is 11.6. The molecule has 1 fully saturated rings. The summed E-state index contributed by atoms with van der Waals surface area (Å²) in [6, 6.07) is 20.8. The molecule has 8 nitrogen and oxygen atoms in total. The molecule has 1 aliphatic heterocycles. The highest BCUT2D eigenvalue weighted by atomic mass is 32.2. The van der Waals surface area contributed by atoms with E-state index in [1.54, 1.807) is 12.1 Å². The van der Waals surface area contributed by atoms with Crippen LogP contribution in [0.25, 0.3) is 0 Å². The Hall–Kier alpha value is -3.05. The molecule has 0 atom stereocenters. The van der Waals surface area contributed by atoms with Gasteiger partial charge in [0.1, 0.15) is 0 Å². The maximum atomic E-state index is 12.8. The summed E-state index contributed by atoms with van der Waals surface area (Å²) in [4.78, 5) is 12.9. The van der Waals surface area contributed by atoms with Crippen molar-refractivity contribution >= 4 is 31.6 Å². The molecule has 3 aromatic rings. The Morgan fingerprint density at radius 3 is 2.21 bits per heavy atom. The minimum absolute atomic E-state index is 0.0403. The number of hydrogen-bond acceptors (Lipinski definition) is 5. The van der Waals surface area contributed by atoms with Crippen molar-refractivity contribution in [3.05, 3.63) is 90.0 Å². The van der Waals surface area contributed by atoms with Crippen LogP contribution < -0.4 is 10.0 Å². The lowest BCUT2D eigenvalue weighted by Gasteiger charge is -2.16. The van der Waals surface area contributed by atoms with E-state index < -0.39 is 26.0 Å². The molecule has 10 heteroatoms. The van der Waals surface area contributed by atoms with Gasteiger partial charge in [-0.1, -0.05) is 42.5 Å². The summed E-state index contributed by atoms with van der Waals surface area (Å²) in [5.41, 5.74) is 1.25. The number of hydrogen-bond donors (Lipinski definition) is 2. The first-order chi connectivity index (χ1) is 16.3. The molecule has 0 spiro atoms. The van der Waals surface area contributed by atoms with Gasteiger partial charge in [0.15, 0.2) is 0 Å². The number of amides is 1. The fourth-order valence-electron chi connectivity index (χ4n) is 3.68. The molecule has 1 saturated heterocycles. The van der Waals surface area contributed by atoms with Gasteiger partial charge in [-0.25, -0.2) is 21.6 Å². The highest BCUT2D eigenvalue weighted by Crippen LogP contribution is 2.23. The number of benzene rings is 3. The second-order valence-electron chi connectivity index (χ2n) is 7.93. The van der Waals surface area contributed by atoms with Crippen LogP contribution in [-0.2, 0) is 26.6 Å². The number of nitrogens with zero attached hydrogens (tertiary/aromatic N) is 1. The van der Waals surface area contributed by atoms with Crippen LogP contribution in [0.2, 0.25) is 0 Å². The monoisotopic (exact) mass is 499 g/mol. The summed E-state index contributed by atoms with van der Waals surface area (Å²) in [7, 11) is -7.46. The molecule has 0 unspecified atom stereocenters. The summed E-state index contributed by atoms with van der Waals surface area (Å²) < 4.78 is 55.0. The molecule has 0 saturated carbocycles. The van der Waals surface area contributed by atoms with E-state index in [9.17, 15) is 21.6 Å². The molecule has 2 N–H and O–H groups in total. The predicted molar refractivity (Wildman–Crippen MR) is 129 cm³/mol. The lowest BCUT2D eigenvalue weighted by molar-refractivity contribution is 0.102. The molecular formula is C24H25N3O5S2. The lowest BCUT2D eigenvalue weighted by Crippen LogP contribution is -2.28. The fourth-order valence-corrected chi connectivity index (χ4v) is 6.30. The Bertz CT molecular complexity index is 1380. The normalized spacial score (nSPS) is 14.7. The molecule has 34 heavy (non-hydrogen) atoms. The van der Waals surface area contributed by atoms with Gasteiger partial charge in [-0.05, 0) is 54.8 Å². The second kappa shape index (κ2) is 10.1. The summed E-state index contributed by atoms with van der Waals surface area (Å²) in [6.07, 6.45) is 1.66. The molecule has 178 valence electrons. The van der Waals surface area contributed by atoms with E-state index in [2.05, 4.69) is 10.0 Å². The number of carbonyl (C=O) groups is 1. The number of rotatable bonds is 8. The van der Waals surface area contributed by atoms with Crippen LogP contribution in [0.15, 0.2) is 88.7 Å². The molecule has 1 heterocycles. The van der Waals surface area contributed by atoms with Crippen molar-refractivity contribution in [3.63, 3.8) is 0 Å². The predicted octanol–water partition coefficient (Wildman–Crippen LogP) is 3.20. The smallest absolute Gasteiger partial charge is 0.255 e. The highest BCUT2D eigenvalue weighted by molar-refractivity contribution is 7.89. The van der Waals surface area contributed by atoms with Gasteiger partial charge in [0.25, 0.3) is 5.91 Å². The summed E-state index contributed by atoms with van der Waals surface area (Å²) in [6.45, 7) is 1.09.